The number of hydrogen-bond donors (Lipinski definition) is 2. The molecule has 2 unspecified atom stereocenters. The number of benzene rings is 1. The van der Waals surface area contributed by atoms with Crippen molar-refractivity contribution in [3.8, 4) is 0 Å². The second-order valence-electron chi connectivity index (χ2n) is 5.13. The van der Waals surface area contributed by atoms with Gasteiger partial charge >= 0.3 is 0 Å². The molecule has 2 atom stereocenters. The molecule has 0 radical (unpaired) electrons. The van der Waals surface area contributed by atoms with Crippen LogP contribution in [-0.4, -0.2) is 16.6 Å². The van der Waals surface area contributed by atoms with Crippen LogP contribution in [-0.2, 0) is 0 Å². The van der Waals surface area contributed by atoms with Crippen LogP contribution >= 0.6 is 11.3 Å². The summed E-state index contributed by atoms with van der Waals surface area (Å²) in [7, 11) is 0. The predicted molar refractivity (Wildman–Crippen MR) is 87.4 cm³/mol. The van der Waals surface area contributed by atoms with Gasteiger partial charge in [0.1, 0.15) is 0 Å². The van der Waals surface area contributed by atoms with Crippen molar-refractivity contribution in [1.29, 1.82) is 0 Å². The summed E-state index contributed by atoms with van der Waals surface area (Å²) in [6.45, 7) is 2.61. The maximum atomic E-state index is 10.2. The number of aromatic nitrogens is 1. The van der Waals surface area contributed by atoms with Gasteiger partial charge in [0, 0.05) is 18.8 Å². The molecule has 2 N–H and O–H groups in total. The van der Waals surface area contributed by atoms with Gasteiger partial charge < -0.3 is 10.4 Å². The maximum Gasteiger partial charge on any atom is 0.0914 e. The van der Waals surface area contributed by atoms with Crippen LogP contribution in [0.1, 0.15) is 30.2 Å². The third-order valence-corrected chi connectivity index (χ3v) is 4.48. The van der Waals surface area contributed by atoms with Crippen LogP contribution in [0, 0.1) is 0 Å². The SMILES string of the molecule is CC(NCC(O)c1ccccc1)c1cnc2ccsc2c1. The summed E-state index contributed by atoms with van der Waals surface area (Å²) >= 11 is 1.70. The first-order valence-electron chi connectivity index (χ1n) is 7.03. The largest absolute Gasteiger partial charge is 0.387 e. The Labute approximate surface area is 128 Å². The lowest BCUT2D eigenvalue weighted by Gasteiger charge is -2.17. The predicted octanol–water partition coefficient (Wildman–Crippen LogP) is 3.68. The molecule has 0 saturated carbocycles. The molecule has 2 heterocycles. The van der Waals surface area contributed by atoms with Gasteiger partial charge in [0.25, 0.3) is 0 Å². The zero-order valence-corrected chi connectivity index (χ0v) is 12.7. The van der Waals surface area contributed by atoms with Crippen LogP contribution in [0.2, 0.25) is 0 Å². The lowest BCUT2D eigenvalue weighted by molar-refractivity contribution is 0.171. The van der Waals surface area contributed by atoms with Crippen LogP contribution in [0.4, 0.5) is 0 Å². The molecule has 4 heteroatoms. The molecule has 108 valence electrons. The summed E-state index contributed by atoms with van der Waals surface area (Å²) in [5, 5.41) is 15.6. The Balaban J connectivity index is 1.64. The van der Waals surface area contributed by atoms with Crippen molar-refractivity contribution in [2.24, 2.45) is 0 Å². The van der Waals surface area contributed by atoms with Crippen molar-refractivity contribution < 1.29 is 5.11 Å². The van der Waals surface area contributed by atoms with E-state index in [-0.39, 0.29) is 6.04 Å². The number of pyridine rings is 1. The summed E-state index contributed by atoms with van der Waals surface area (Å²) in [5.41, 5.74) is 3.12. The Bertz CT molecular complexity index is 711. The van der Waals surface area contributed by atoms with Gasteiger partial charge in [0.15, 0.2) is 0 Å². The van der Waals surface area contributed by atoms with E-state index in [1.165, 1.54) is 4.70 Å². The van der Waals surface area contributed by atoms with E-state index in [2.05, 4.69) is 28.7 Å². The molecule has 3 nitrogen and oxygen atoms in total. The summed E-state index contributed by atoms with van der Waals surface area (Å²) in [6.07, 6.45) is 1.41. The lowest BCUT2D eigenvalue weighted by atomic mass is 10.1. The minimum absolute atomic E-state index is 0.155. The molecule has 0 aliphatic carbocycles. The van der Waals surface area contributed by atoms with Crippen molar-refractivity contribution in [2.45, 2.75) is 19.1 Å². The first kappa shape index (κ1) is 14.2. The molecule has 2 aromatic heterocycles. The molecule has 1 aromatic carbocycles. The third kappa shape index (κ3) is 3.29. The van der Waals surface area contributed by atoms with Gasteiger partial charge in [-0.05, 0) is 35.6 Å². The average molecular weight is 298 g/mol. The molecule has 3 rings (SSSR count). The topological polar surface area (TPSA) is 45.1 Å². The van der Waals surface area contributed by atoms with Crippen molar-refractivity contribution in [1.82, 2.24) is 10.3 Å². The van der Waals surface area contributed by atoms with Gasteiger partial charge in [-0.2, -0.15) is 0 Å². The molecule has 0 aliphatic heterocycles. The fourth-order valence-electron chi connectivity index (χ4n) is 2.30. The van der Waals surface area contributed by atoms with Gasteiger partial charge in [-0.1, -0.05) is 30.3 Å². The van der Waals surface area contributed by atoms with E-state index >= 15 is 0 Å². The highest BCUT2D eigenvalue weighted by Crippen LogP contribution is 2.23. The van der Waals surface area contributed by atoms with Crippen molar-refractivity contribution in [3.63, 3.8) is 0 Å². The van der Waals surface area contributed by atoms with Gasteiger partial charge in [-0.25, -0.2) is 0 Å². The summed E-state index contributed by atoms with van der Waals surface area (Å²) < 4.78 is 1.20. The summed E-state index contributed by atoms with van der Waals surface area (Å²) in [4.78, 5) is 4.46. The minimum atomic E-state index is -0.493. The van der Waals surface area contributed by atoms with Crippen molar-refractivity contribution in [3.05, 3.63) is 65.2 Å². The normalized spacial score (nSPS) is 14.2. The summed E-state index contributed by atoms with van der Waals surface area (Å²) in [5.74, 6) is 0. The number of fused-ring (bicyclic) bond motifs is 1. The second-order valence-corrected chi connectivity index (χ2v) is 6.08. The average Bonchev–Trinajstić information content (AvgIpc) is 3.00. The first-order valence-corrected chi connectivity index (χ1v) is 7.91. The van der Waals surface area contributed by atoms with Gasteiger partial charge in [-0.15, -0.1) is 11.3 Å². The Morgan fingerprint density at radius 1 is 1.19 bits per heavy atom. The van der Waals surface area contributed by atoms with Crippen molar-refractivity contribution >= 4 is 21.6 Å². The molecule has 0 bridgehead atoms. The number of aliphatic hydroxyl groups is 1. The Hall–Kier alpha value is -1.75. The van der Waals surface area contributed by atoms with E-state index < -0.39 is 6.10 Å². The molecule has 0 saturated heterocycles. The zero-order valence-electron chi connectivity index (χ0n) is 11.9. The minimum Gasteiger partial charge on any atom is -0.387 e. The number of thiophene rings is 1. The van der Waals surface area contributed by atoms with Crippen LogP contribution in [0.15, 0.2) is 54.0 Å². The number of rotatable bonds is 5. The van der Waals surface area contributed by atoms with E-state index in [0.717, 1.165) is 16.6 Å². The fraction of sp³-hybridized carbons (Fsp3) is 0.235. The third-order valence-electron chi connectivity index (χ3n) is 3.63. The molecular weight excluding hydrogens is 280 g/mol. The van der Waals surface area contributed by atoms with Crippen LogP contribution in [0.3, 0.4) is 0 Å². The van der Waals surface area contributed by atoms with Crippen LogP contribution in [0.25, 0.3) is 10.2 Å². The van der Waals surface area contributed by atoms with E-state index in [1.807, 2.05) is 42.6 Å². The maximum absolute atomic E-state index is 10.2. The molecule has 21 heavy (non-hydrogen) atoms. The van der Waals surface area contributed by atoms with Crippen LogP contribution < -0.4 is 5.32 Å². The Morgan fingerprint density at radius 3 is 2.81 bits per heavy atom. The highest BCUT2D eigenvalue weighted by atomic mass is 32.1. The van der Waals surface area contributed by atoms with E-state index in [1.54, 1.807) is 11.3 Å². The standard InChI is InChI=1S/C17H18N2OS/c1-12(14-9-17-15(19-10-14)7-8-21-17)18-11-16(20)13-5-3-2-4-6-13/h2-10,12,16,18,20H,11H2,1H3. The van der Waals surface area contributed by atoms with Gasteiger partial charge in [0.2, 0.25) is 0 Å². The highest BCUT2D eigenvalue weighted by Gasteiger charge is 2.11. The number of aliphatic hydroxyl groups excluding tert-OH is 1. The molecule has 0 aliphatic rings. The number of hydrogen-bond acceptors (Lipinski definition) is 4. The van der Waals surface area contributed by atoms with E-state index in [4.69, 9.17) is 0 Å². The summed E-state index contributed by atoms with van der Waals surface area (Å²) in [6, 6.07) is 14.1. The molecule has 0 amide bonds. The van der Waals surface area contributed by atoms with Gasteiger partial charge in [-0.3, -0.25) is 4.98 Å². The molecule has 3 aromatic rings. The molecular formula is C17H18N2OS. The lowest BCUT2D eigenvalue weighted by Crippen LogP contribution is -2.24. The Morgan fingerprint density at radius 2 is 2.00 bits per heavy atom. The number of nitrogens with one attached hydrogen (secondary N) is 1. The quantitative estimate of drug-likeness (QED) is 0.755. The second kappa shape index (κ2) is 6.35. The van der Waals surface area contributed by atoms with Crippen molar-refractivity contribution in [2.75, 3.05) is 6.54 Å². The highest BCUT2D eigenvalue weighted by molar-refractivity contribution is 7.17. The number of nitrogens with zero attached hydrogens (tertiary/aromatic N) is 1. The zero-order chi connectivity index (χ0) is 14.7. The first-order chi connectivity index (χ1) is 10.2. The smallest absolute Gasteiger partial charge is 0.0914 e. The Kier molecular flexibility index (Phi) is 4.29. The molecule has 0 fully saturated rings. The van der Waals surface area contributed by atoms with E-state index in [9.17, 15) is 5.11 Å². The molecule has 0 spiro atoms. The van der Waals surface area contributed by atoms with E-state index in [0.29, 0.717) is 6.54 Å². The van der Waals surface area contributed by atoms with Gasteiger partial charge in [0.05, 0.1) is 16.3 Å². The monoisotopic (exact) mass is 298 g/mol. The fourth-order valence-corrected chi connectivity index (χ4v) is 3.09. The van der Waals surface area contributed by atoms with Crippen LogP contribution in [0.5, 0.6) is 0 Å².